The van der Waals surface area contributed by atoms with Crippen LogP contribution in [-0.2, 0) is 4.79 Å². The maximum Gasteiger partial charge on any atom is 0.232 e. The second-order valence-electron chi connectivity index (χ2n) is 3.75. The van der Waals surface area contributed by atoms with Gasteiger partial charge in [0.05, 0.1) is 10.4 Å². The molecule has 1 atom stereocenters. The lowest BCUT2D eigenvalue weighted by atomic mass is 9.92. The molecule has 1 unspecified atom stereocenters. The Hall–Kier alpha value is -0.290. The minimum absolute atomic E-state index is 0.106. The molecular formula is C9H18N2OS2. The lowest BCUT2D eigenvalue weighted by molar-refractivity contribution is -0.126. The molecule has 3 nitrogen and oxygen atoms in total. The summed E-state index contributed by atoms with van der Waals surface area (Å²) in [6.07, 6.45) is 2.01. The van der Waals surface area contributed by atoms with Gasteiger partial charge in [-0.25, -0.2) is 0 Å². The summed E-state index contributed by atoms with van der Waals surface area (Å²) in [5.74, 6) is -0.106. The van der Waals surface area contributed by atoms with E-state index in [-0.39, 0.29) is 10.9 Å². The Labute approximate surface area is 95.2 Å². The predicted molar refractivity (Wildman–Crippen MR) is 66.6 cm³/mol. The Balaban J connectivity index is 4.15. The van der Waals surface area contributed by atoms with Gasteiger partial charge < -0.3 is 11.1 Å². The number of rotatable bonds is 5. The molecule has 0 aliphatic rings. The van der Waals surface area contributed by atoms with E-state index in [1.807, 2.05) is 6.26 Å². The Morgan fingerprint density at radius 3 is 2.50 bits per heavy atom. The molecule has 0 spiro atoms. The van der Waals surface area contributed by atoms with Crippen LogP contribution in [0, 0.1) is 5.41 Å². The van der Waals surface area contributed by atoms with Crippen LogP contribution < -0.4 is 11.1 Å². The SMILES string of the molecule is CSC(C)CNC(=O)C(C)(C)C(N)=S. The first-order valence-electron chi connectivity index (χ1n) is 4.43. The van der Waals surface area contributed by atoms with Crippen molar-refractivity contribution >= 4 is 34.9 Å². The third kappa shape index (κ3) is 3.84. The van der Waals surface area contributed by atoms with Crippen molar-refractivity contribution < 1.29 is 4.79 Å². The Bertz CT molecular complexity index is 229. The zero-order valence-electron chi connectivity index (χ0n) is 9.09. The molecule has 82 valence electrons. The number of nitrogens with two attached hydrogens (primary N) is 1. The van der Waals surface area contributed by atoms with Crippen molar-refractivity contribution in [2.75, 3.05) is 12.8 Å². The maximum absolute atomic E-state index is 11.6. The van der Waals surface area contributed by atoms with Gasteiger partial charge >= 0.3 is 0 Å². The fraction of sp³-hybridized carbons (Fsp3) is 0.778. The summed E-state index contributed by atoms with van der Waals surface area (Å²) in [5.41, 5.74) is 4.72. The summed E-state index contributed by atoms with van der Waals surface area (Å²) in [4.78, 5) is 11.9. The van der Waals surface area contributed by atoms with Crippen LogP contribution in [0.4, 0.5) is 0 Å². The quantitative estimate of drug-likeness (QED) is 0.701. The first-order chi connectivity index (χ1) is 6.32. The molecule has 0 rings (SSSR count). The van der Waals surface area contributed by atoms with Crippen molar-refractivity contribution in [3.8, 4) is 0 Å². The Morgan fingerprint density at radius 1 is 1.64 bits per heavy atom. The summed E-state index contributed by atoms with van der Waals surface area (Å²) < 4.78 is 0. The van der Waals surface area contributed by atoms with Crippen LogP contribution in [0.2, 0.25) is 0 Å². The molecule has 0 aromatic rings. The van der Waals surface area contributed by atoms with E-state index >= 15 is 0 Å². The van der Waals surface area contributed by atoms with Crippen LogP contribution in [0.5, 0.6) is 0 Å². The average Bonchev–Trinajstić information content (AvgIpc) is 2.12. The van der Waals surface area contributed by atoms with E-state index in [9.17, 15) is 4.79 Å². The minimum atomic E-state index is -0.756. The fourth-order valence-electron chi connectivity index (χ4n) is 0.653. The fourth-order valence-corrected chi connectivity index (χ4v) is 0.995. The molecule has 0 radical (unpaired) electrons. The molecule has 14 heavy (non-hydrogen) atoms. The monoisotopic (exact) mass is 234 g/mol. The van der Waals surface area contributed by atoms with Gasteiger partial charge in [-0.2, -0.15) is 11.8 Å². The zero-order chi connectivity index (χ0) is 11.4. The number of thiocarbonyl (C=S) groups is 1. The molecule has 0 bridgehead atoms. The summed E-state index contributed by atoms with van der Waals surface area (Å²) in [7, 11) is 0. The van der Waals surface area contributed by atoms with Gasteiger partial charge in [0.25, 0.3) is 0 Å². The van der Waals surface area contributed by atoms with Crippen LogP contribution in [-0.4, -0.2) is 28.9 Å². The summed E-state index contributed by atoms with van der Waals surface area (Å²) in [6.45, 7) is 6.16. The molecule has 0 aromatic heterocycles. The van der Waals surface area contributed by atoms with Crippen molar-refractivity contribution in [3.05, 3.63) is 0 Å². The summed E-state index contributed by atoms with van der Waals surface area (Å²) >= 11 is 6.53. The van der Waals surface area contributed by atoms with Crippen LogP contribution in [0.15, 0.2) is 0 Å². The molecule has 1 amide bonds. The first-order valence-corrected chi connectivity index (χ1v) is 6.13. The van der Waals surface area contributed by atoms with E-state index in [0.29, 0.717) is 11.8 Å². The highest BCUT2D eigenvalue weighted by Gasteiger charge is 2.30. The van der Waals surface area contributed by atoms with Crippen LogP contribution in [0.3, 0.4) is 0 Å². The van der Waals surface area contributed by atoms with Gasteiger partial charge in [-0.05, 0) is 20.1 Å². The normalized spacial score (nSPS) is 13.4. The van der Waals surface area contributed by atoms with E-state index in [0.717, 1.165) is 0 Å². The van der Waals surface area contributed by atoms with Gasteiger partial charge in [0.15, 0.2) is 0 Å². The van der Waals surface area contributed by atoms with E-state index in [1.165, 1.54) is 0 Å². The highest BCUT2D eigenvalue weighted by molar-refractivity contribution is 7.99. The van der Waals surface area contributed by atoms with Crippen LogP contribution >= 0.6 is 24.0 Å². The molecule has 3 N–H and O–H groups in total. The van der Waals surface area contributed by atoms with Crippen LogP contribution in [0.25, 0.3) is 0 Å². The standard InChI is InChI=1S/C9H18N2OS2/c1-6(14-4)5-11-8(12)9(2,3)7(10)13/h6H,5H2,1-4H3,(H2,10,13)(H,11,12). The third-order valence-electron chi connectivity index (χ3n) is 2.14. The van der Waals surface area contributed by atoms with Gasteiger partial charge in [-0.1, -0.05) is 19.1 Å². The van der Waals surface area contributed by atoms with E-state index in [1.54, 1.807) is 25.6 Å². The van der Waals surface area contributed by atoms with Gasteiger partial charge in [-0.15, -0.1) is 0 Å². The second kappa shape index (κ2) is 5.56. The molecule has 0 aliphatic heterocycles. The Morgan fingerprint density at radius 2 is 2.14 bits per heavy atom. The van der Waals surface area contributed by atoms with Crippen molar-refractivity contribution in [2.45, 2.75) is 26.0 Å². The van der Waals surface area contributed by atoms with E-state index in [4.69, 9.17) is 18.0 Å². The highest BCUT2D eigenvalue weighted by atomic mass is 32.2. The number of thioether (sulfide) groups is 1. The van der Waals surface area contributed by atoms with E-state index < -0.39 is 5.41 Å². The maximum atomic E-state index is 11.6. The predicted octanol–water partition coefficient (Wildman–Crippen LogP) is 1.17. The number of carbonyl (C=O) groups is 1. The molecule has 0 saturated heterocycles. The van der Waals surface area contributed by atoms with Crippen LogP contribution in [0.1, 0.15) is 20.8 Å². The lowest BCUT2D eigenvalue weighted by Crippen LogP contribution is -2.46. The van der Waals surface area contributed by atoms with Crippen molar-refractivity contribution in [3.63, 3.8) is 0 Å². The number of amides is 1. The number of carbonyl (C=O) groups excluding carboxylic acids is 1. The smallest absolute Gasteiger partial charge is 0.232 e. The highest BCUT2D eigenvalue weighted by Crippen LogP contribution is 2.15. The molecular weight excluding hydrogens is 216 g/mol. The van der Waals surface area contributed by atoms with Gasteiger partial charge in [0.2, 0.25) is 5.91 Å². The molecule has 0 aliphatic carbocycles. The number of hydrogen-bond donors (Lipinski definition) is 2. The molecule has 5 heteroatoms. The van der Waals surface area contributed by atoms with Gasteiger partial charge in [-0.3, -0.25) is 4.79 Å². The molecule has 0 heterocycles. The van der Waals surface area contributed by atoms with Crippen molar-refractivity contribution in [2.24, 2.45) is 11.1 Å². The largest absolute Gasteiger partial charge is 0.392 e. The number of nitrogens with one attached hydrogen (secondary N) is 1. The van der Waals surface area contributed by atoms with Gasteiger partial charge in [0.1, 0.15) is 0 Å². The average molecular weight is 234 g/mol. The molecule has 0 fully saturated rings. The minimum Gasteiger partial charge on any atom is -0.392 e. The van der Waals surface area contributed by atoms with Crippen molar-refractivity contribution in [1.82, 2.24) is 5.32 Å². The third-order valence-corrected chi connectivity index (χ3v) is 3.62. The number of hydrogen-bond acceptors (Lipinski definition) is 3. The lowest BCUT2D eigenvalue weighted by Gasteiger charge is -2.22. The molecule has 0 saturated carbocycles. The first kappa shape index (κ1) is 13.7. The Kier molecular flexibility index (Phi) is 5.44. The summed E-state index contributed by atoms with van der Waals surface area (Å²) in [5, 5.41) is 3.23. The molecule has 0 aromatic carbocycles. The topological polar surface area (TPSA) is 55.1 Å². The van der Waals surface area contributed by atoms with E-state index in [2.05, 4.69) is 12.2 Å². The zero-order valence-corrected chi connectivity index (χ0v) is 10.7. The second-order valence-corrected chi connectivity index (χ2v) is 5.46. The van der Waals surface area contributed by atoms with Gasteiger partial charge in [0, 0.05) is 11.8 Å². The summed E-state index contributed by atoms with van der Waals surface area (Å²) in [6, 6.07) is 0. The van der Waals surface area contributed by atoms with Crippen molar-refractivity contribution in [1.29, 1.82) is 0 Å².